The minimum absolute atomic E-state index is 0.147. The van der Waals surface area contributed by atoms with E-state index in [0.717, 1.165) is 22.8 Å². The normalized spacial score (nSPS) is 16.7. The molecule has 0 radical (unpaired) electrons. The number of anilines is 1. The van der Waals surface area contributed by atoms with E-state index in [0.29, 0.717) is 17.9 Å². The molecule has 3 aromatic carbocycles. The van der Waals surface area contributed by atoms with Crippen molar-refractivity contribution in [2.75, 3.05) is 4.90 Å². The summed E-state index contributed by atoms with van der Waals surface area (Å²) < 4.78 is 58.4. The Balaban J connectivity index is 1.49. The van der Waals surface area contributed by atoms with Crippen LogP contribution in [0.1, 0.15) is 68.1 Å². The Morgan fingerprint density at radius 1 is 1.10 bits per heavy atom. The first kappa shape index (κ1) is 29.6. The first-order valence-electron chi connectivity index (χ1n) is 13.8. The fraction of sp³-hybridized carbons (Fsp3) is 0.312. The van der Waals surface area contributed by atoms with E-state index >= 15 is 0 Å². The zero-order valence-corrected chi connectivity index (χ0v) is 24.8. The molecule has 42 heavy (non-hydrogen) atoms. The van der Waals surface area contributed by atoms with Crippen molar-refractivity contribution in [2.45, 2.75) is 62.4 Å². The molecule has 7 nitrogen and oxygen atoms in total. The largest absolute Gasteiger partial charge is 0.337 e. The number of carbonyl (C=O) groups is 1. The Bertz CT molecular complexity index is 1720. The van der Waals surface area contributed by atoms with Crippen molar-refractivity contribution in [1.29, 1.82) is 0 Å². The summed E-state index contributed by atoms with van der Waals surface area (Å²) in [6.45, 7) is 6.22. The molecule has 1 aliphatic rings. The van der Waals surface area contributed by atoms with Crippen LogP contribution >= 0.6 is 0 Å². The Morgan fingerprint density at radius 3 is 2.50 bits per heavy atom. The van der Waals surface area contributed by atoms with E-state index in [1.165, 1.54) is 30.3 Å². The number of imidazole rings is 1. The predicted molar refractivity (Wildman–Crippen MR) is 157 cm³/mol. The Hall–Kier alpha value is -3.89. The number of hydrogen-bond acceptors (Lipinski definition) is 4. The zero-order chi connectivity index (χ0) is 30.2. The summed E-state index contributed by atoms with van der Waals surface area (Å²) in [5.74, 6) is -0.602. The van der Waals surface area contributed by atoms with Crippen molar-refractivity contribution in [3.63, 3.8) is 0 Å². The molecule has 0 aliphatic heterocycles. The van der Waals surface area contributed by atoms with Crippen LogP contribution in [0, 0.1) is 11.6 Å². The van der Waals surface area contributed by atoms with Crippen LogP contribution < -0.4 is 9.62 Å². The van der Waals surface area contributed by atoms with Gasteiger partial charge < -0.3 is 9.47 Å². The van der Waals surface area contributed by atoms with E-state index < -0.39 is 21.9 Å². The van der Waals surface area contributed by atoms with Gasteiger partial charge in [0.05, 0.1) is 11.4 Å². The molecule has 0 saturated carbocycles. The van der Waals surface area contributed by atoms with E-state index in [1.54, 1.807) is 23.2 Å². The predicted octanol–water partition coefficient (Wildman–Crippen LogP) is 6.13. The molecule has 1 amide bonds. The molecular formula is C32H34F2N4O3S. The van der Waals surface area contributed by atoms with Crippen LogP contribution in [0.15, 0.2) is 84.0 Å². The summed E-state index contributed by atoms with van der Waals surface area (Å²) in [7, 11) is -2.16. The van der Waals surface area contributed by atoms with Gasteiger partial charge in [0.1, 0.15) is 17.5 Å². The molecule has 0 fully saturated rings. The maximum absolute atomic E-state index is 13.9. The molecule has 1 aromatic heterocycles. The van der Waals surface area contributed by atoms with E-state index in [9.17, 15) is 22.0 Å². The number of aromatic nitrogens is 2. The maximum Gasteiger partial charge on any atom is 0.241 e. The average molecular weight is 593 g/mol. The molecule has 5 rings (SSSR count). The third-order valence-electron chi connectivity index (χ3n) is 8.01. The number of rotatable bonds is 9. The second kappa shape index (κ2) is 11.4. The lowest BCUT2D eigenvalue weighted by Gasteiger charge is -2.26. The second-order valence-corrected chi connectivity index (χ2v) is 13.3. The maximum atomic E-state index is 13.9. The molecule has 2 atom stereocenters. The van der Waals surface area contributed by atoms with Gasteiger partial charge in [0, 0.05) is 37.6 Å². The fourth-order valence-electron chi connectivity index (χ4n) is 5.64. The lowest BCUT2D eigenvalue weighted by Crippen LogP contribution is -2.32. The molecule has 1 aliphatic carbocycles. The Kier molecular flexibility index (Phi) is 8.04. The molecule has 0 saturated heterocycles. The third kappa shape index (κ3) is 6.15. The van der Waals surface area contributed by atoms with E-state index in [2.05, 4.69) is 9.71 Å². The van der Waals surface area contributed by atoms with Gasteiger partial charge >= 0.3 is 0 Å². The number of nitrogens with one attached hydrogen (secondary N) is 1. The number of hydrogen-bond donors (Lipinski definition) is 1. The molecule has 1 heterocycles. The number of carbonyl (C=O) groups excluding carboxylic acids is 1. The lowest BCUT2D eigenvalue weighted by molar-refractivity contribution is -0.119. The Morgan fingerprint density at radius 2 is 1.83 bits per heavy atom. The van der Waals surface area contributed by atoms with Gasteiger partial charge in [0.15, 0.2) is 0 Å². The first-order valence-corrected chi connectivity index (χ1v) is 15.3. The quantitative estimate of drug-likeness (QED) is 0.254. The number of halogens is 2. The fourth-order valence-corrected chi connectivity index (χ4v) is 6.89. The number of nitrogens with zero attached hydrogens (tertiary/aromatic N) is 3. The molecule has 10 heteroatoms. The average Bonchev–Trinajstić information content (AvgIpc) is 3.45. The van der Waals surface area contributed by atoms with Crippen molar-refractivity contribution in [1.82, 2.24) is 14.3 Å². The molecule has 0 unspecified atom stereocenters. The summed E-state index contributed by atoms with van der Waals surface area (Å²) in [5.41, 5.74) is 2.86. The summed E-state index contributed by atoms with van der Waals surface area (Å²) in [5, 5.41) is 0. The van der Waals surface area contributed by atoms with Gasteiger partial charge in [-0.1, -0.05) is 45.0 Å². The van der Waals surface area contributed by atoms with Gasteiger partial charge in [-0.15, -0.1) is 0 Å². The van der Waals surface area contributed by atoms with Gasteiger partial charge in [-0.25, -0.2) is 26.9 Å². The van der Waals surface area contributed by atoms with Crippen LogP contribution in [-0.2, 0) is 33.8 Å². The van der Waals surface area contributed by atoms with Crippen molar-refractivity contribution >= 4 is 21.6 Å². The highest BCUT2D eigenvalue weighted by molar-refractivity contribution is 7.89. The minimum atomic E-state index is -4.02. The Labute approximate surface area is 245 Å². The van der Waals surface area contributed by atoms with Crippen molar-refractivity contribution in [3.05, 3.63) is 113 Å². The number of sulfonamides is 1. The number of benzene rings is 3. The van der Waals surface area contributed by atoms with Gasteiger partial charge in [0.25, 0.3) is 0 Å². The second-order valence-electron chi connectivity index (χ2n) is 11.6. The summed E-state index contributed by atoms with van der Waals surface area (Å²) in [6.07, 6.45) is 4.15. The number of amides is 1. The first-order chi connectivity index (χ1) is 19.8. The van der Waals surface area contributed by atoms with E-state index in [1.807, 2.05) is 56.8 Å². The summed E-state index contributed by atoms with van der Waals surface area (Å²) >= 11 is 0. The highest BCUT2D eigenvalue weighted by Gasteiger charge is 2.39. The number of fused-ring (bicyclic) bond motifs is 1. The molecular weight excluding hydrogens is 558 g/mol. The van der Waals surface area contributed by atoms with Crippen LogP contribution in [0.4, 0.5) is 14.5 Å². The molecule has 0 bridgehead atoms. The van der Waals surface area contributed by atoms with Gasteiger partial charge in [-0.2, -0.15) is 0 Å². The van der Waals surface area contributed by atoms with E-state index in [4.69, 9.17) is 0 Å². The van der Waals surface area contributed by atoms with Crippen LogP contribution in [-0.4, -0.2) is 23.9 Å². The van der Waals surface area contributed by atoms with E-state index in [-0.39, 0.29) is 40.9 Å². The summed E-state index contributed by atoms with van der Waals surface area (Å²) in [4.78, 5) is 19.8. The smallest absolute Gasteiger partial charge is 0.241 e. The topological polar surface area (TPSA) is 84.3 Å². The monoisotopic (exact) mass is 592 g/mol. The van der Waals surface area contributed by atoms with Crippen LogP contribution in [0.3, 0.4) is 0 Å². The number of aryl methyl sites for hydroxylation is 1. The van der Waals surface area contributed by atoms with Crippen LogP contribution in [0.25, 0.3) is 0 Å². The van der Waals surface area contributed by atoms with Crippen molar-refractivity contribution in [3.8, 4) is 0 Å². The van der Waals surface area contributed by atoms with Crippen LogP contribution in [0.2, 0.25) is 0 Å². The van der Waals surface area contributed by atoms with Crippen molar-refractivity contribution in [2.24, 2.45) is 7.05 Å². The van der Waals surface area contributed by atoms with Crippen molar-refractivity contribution < 1.29 is 22.0 Å². The molecule has 220 valence electrons. The van der Waals surface area contributed by atoms with Gasteiger partial charge in [-0.05, 0) is 76.9 Å². The van der Waals surface area contributed by atoms with Crippen LogP contribution in [0.5, 0.6) is 0 Å². The lowest BCUT2D eigenvalue weighted by atomic mass is 9.86. The third-order valence-corrected chi connectivity index (χ3v) is 9.48. The SMILES string of the molecule is C[C@H](CC(=O)N(Cc1nccn1C)c1ccc2c(c1)[C@@H](NS(=O)(=O)c1cccc(F)c1)CC2(C)C)c1ccc(F)cc1. The highest BCUT2D eigenvalue weighted by Crippen LogP contribution is 2.46. The molecule has 1 N–H and O–H groups in total. The van der Waals surface area contributed by atoms with Gasteiger partial charge in [0.2, 0.25) is 15.9 Å². The molecule has 0 spiro atoms. The molecule has 4 aromatic rings. The highest BCUT2D eigenvalue weighted by atomic mass is 32.2. The zero-order valence-electron chi connectivity index (χ0n) is 24.0. The summed E-state index contributed by atoms with van der Waals surface area (Å²) in [6, 6.07) is 16.2. The minimum Gasteiger partial charge on any atom is -0.337 e. The van der Waals surface area contributed by atoms with Gasteiger partial charge in [-0.3, -0.25) is 4.79 Å². The standard InChI is InChI=1S/C32H34F2N4O3S/c1-21(22-8-10-23(33)11-9-22)16-31(39)38(20-30-35-14-15-37(30)4)25-12-13-28-27(18-25)29(19-32(28,2)3)36-42(40,41)26-7-5-6-24(34)17-26/h5-15,17-18,21,29,36H,16,19-20H2,1-4H3/t21-,29+/m1/s1.